The third-order valence-corrected chi connectivity index (χ3v) is 6.44. The number of aliphatic carboxylic acids is 1. The fourth-order valence-electron chi connectivity index (χ4n) is 3.79. The predicted octanol–water partition coefficient (Wildman–Crippen LogP) is 0.832. The van der Waals surface area contributed by atoms with Gasteiger partial charge in [-0.15, -0.1) is 11.8 Å². The summed E-state index contributed by atoms with van der Waals surface area (Å²) in [6, 6.07) is 0. The molecule has 1 unspecified atom stereocenters. The highest BCUT2D eigenvalue weighted by atomic mass is 32.2. The highest BCUT2D eigenvalue weighted by Crippen LogP contribution is 2.60. The molecule has 0 aromatic carbocycles. The normalized spacial score (nSPS) is 38.2. The lowest BCUT2D eigenvalue weighted by Crippen LogP contribution is -2.74. The van der Waals surface area contributed by atoms with Gasteiger partial charge in [-0.1, -0.05) is 0 Å². The average molecular weight is 311 g/mol. The van der Waals surface area contributed by atoms with Gasteiger partial charge in [-0.25, -0.2) is 4.79 Å². The Hall–Kier alpha value is -1.37. The Morgan fingerprint density at radius 2 is 1.86 bits per heavy atom. The number of nitrogens with zero attached hydrogens (tertiary/aromatic N) is 1. The van der Waals surface area contributed by atoms with E-state index in [1.807, 2.05) is 0 Å². The lowest BCUT2D eigenvalue weighted by Gasteiger charge is -2.48. The zero-order valence-electron chi connectivity index (χ0n) is 11.9. The van der Waals surface area contributed by atoms with Crippen LogP contribution in [0.25, 0.3) is 0 Å². The van der Waals surface area contributed by atoms with Crippen LogP contribution < -0.4 is 0 Å². The van der Waals surface area contributed by atoms with Crippen molar-refractivity contribution in [3.63, 3.8) is 0 Å². The first-order chi connectivity index (χ1) is 9.75. The summed E-state index contributed by atoms with van der Waals surface area (Å²) < 4.78 is -0.949. The van der Waals surface area contributed by atoms with Gasteiger partial charge in [-0.2, -0.15) is 0 Å². The topological polar surface area (TPSA) is 91.8 Å². The van der Waals surface area contributed by atoms with Crippen molar-refractivity contribution in [3.8, 4) is 0 Å². The molecule has 7 heteroatoms. The molecule has 0 aromatic heterocycles. The maximum Gasteiger partial charge on any atom is 0.339 e. The number of rotatable bonds is 1. The summed E-state index contributed by atoms with van der Waals surface area (Å²) >= 11 is 1.26. The summed E-state index contributed by atoms with van der Waals surface area (Å²) in [6.45, 7) is 3.35. The van der Waals surface area contributed by atoms with Gasteiger partial charge in [-0.3, -0.25) is 14.4 Å². The molecule has 21 heavy (non-hydrogen) atoms. The van der Waals surface area contributed by atoms with Crippen LogP contribution in [-0.4, -0.2) is 49.1 Å². The molecular weight excluding hydrogens is 294 g/mol. The first-order valence-corrected chi connectivity index (χ1v) is 7.93. The minimum Gasteiger partial charge on any atom is -0.479 e. The summed E-state index contributed by atoms with van der Waals surface area (Å²) in [5.41, 5.74) is -1.84. The number of carbonyl (C=O) groups is 4. The van der Waals surface area contributed by atoms with E-state index in [2.05, 4.69) is 0 Å². The molecular formula is C14H17NO5S. The van der Waals surface area contributed by atoms with E-state index in [0.29, 0.717) is 12.8 Å². The van der Waals surface area contributed by atoms with Crippen molar-refractivity contribution in [1.29, 1.82) is 0 Å². The average Bonchev–Trinajstić information content (AvgIpc) is 2.59. The van der Waals surface area contributed by atoms with Gasteiger partial charge in [0.05, 0.1) is 10.1 Å². The minimum absolute atomic E-state index is 0.0880. The quantitative estimate of drug-likeness (QED) is 0.570. The number of amides is 1. The second kappa shape index (κ2) is 4.32. The van der Waals surface area contributed by atoms with Gasteiger partial charge in [0.2, 0.25) is 11.4 Å². The number of hydrogen-bond donors (Lipinski definition) is 1. The van der Waals surface area contributed by atoms with Crippen molar-refractivity contribution in [1.82, 2.24) is 4.90 Å². The van der Waals surface area contributed by atoms with Crippen molar-refractivity contribution in [2.45, 2.75) is 55.2 Å². The molecule has 0 saturated carbocycles. The van der Waals surface area contributed by atoms with Gasteiger partial charge in [0.25, 0.3) is 0 Å². The molecule has 0 aromatic rings. The van der Waals surface area contributed by atoms with Gasteiger partial charge >= 0.3 is 5.97 Å². The molecule has 0 spiro atoms. The van der Waals surface area contributed by atoms with Gasteiger partial charge < -0.3 is 10.0 Å². The Morgan fingerprint density at radius 3 is 2.48 bits per heavy atom. The van der Waals surface area contributed by atoms with E-state index in [9.17, 15) is 24.3 Å². The number of Topliss-reactive ketones (excluding diaryl/α,β-unsaturated/α-hetero) is 2. The van der Waals surface area contributed by atoms with Crippen LogP contribution in [0.5, 0.6) is 0 Å². The van der Waals surface area contributed by atoms with Crippen LogP contribution in [0.15, 0.2) is 0 Å². The van der Waals surface area contributed by atoms with Gasteiger partial charge in [0.15, 0.2) is 5.78 Å². The predicted molar refractivity (Wildman–Crippen MR) is 74.6 cm³/mol. The largest absolute Gasteiger partial charge is 0.479 e. The minimum atomic E-state index is -1.84. The van der Waals surface area contributed by atoms with E-state index in [4.69, 9.17) is 0 Å². The summed E-state index contributed by atoms with van der Waals surface area (Å²) in [5.74, 6) is -3.11. The third kappa shape index (κ3) is 1.55. The Morgan fingerprint density at radius 1 is 1.24 bits per heavy atom. The number of carboxylic acid groups (broad SMARTS) is 1. The van der Waals surface area contributed by atoms with E-state index in [-0.39, 0.29) is 18.6 Å². The van der Waals surface area contributed by atoms with Crippen molar-refractivity contribution >= 4 is 35.2 Å². The molecule has 3 saturated heterocycles. The van der Waals surface area contributed by atoms with Crippen molar-refractivity contribution < 1.29 is 24.3 Å². The molecule has 3 fully saturated rings. The van der Waals surface area contributed by atoms with E-state index in [0.717, 1.165) is 4.90 Å². The summed E-state index contributed by atoms with van der Waals surface area (Å²) in [5, 5.41) is 9.25. The van der Waals surface area contributed by atoms with Crippen molar-refractivity contribution in [2.75, 3.05) is 0 Å². The molecule has 0 aliphatic carbocycles. The van der Waals surface area contributed by atoms with E-state index in [1.54, 1.807) is 13.8 Å². The number of hydrogen-bond acceptors (Lipinski definition) is 5. The van der Waals surface area contributed by atoms with E-state index >= 15 is 0 Å². The van der Waals surface area contributed by atoms with Crippen LogP contribution in [-0.2, 0) is 19.2 Å². The van der Waals surface area contributed by atoms with Crippen LogP contribution in [0.3, 0.4) is 0 Å². The van der Waals surface area contributed by atoms with E-state index < -0.39 is 39.2 Å². The molecule has 0 radical (unpaired) electrons. The second-order valence-electron chi connectivity index (χ2n) is 6.32. The number of carboxylic acids is 1. The number of thioether (sulfide) groups is 1. The van der Waals surface area contributed by atoms with Crippen LogP contribution in [0, 0.1) is 5.92 Å². The maximum absolute atomic E-state index is 12.7. The molecule has 1 amide bonds. The zero-order valence-corrected chi connectivity index (χ0v) is 12.7. The van der Waals surface area contributed by atoms with Crippen molar-refractivity contribution in [3.05, 3.63) is 0 Å². The first-order valence-electron chi connectivity index (χ1n) is 7.05. The molecule has 6 nitrogen and oxygen atoms in total. The number of carbonyl (C=O) groups excluding carboxylic acids is 3. The Labute approximate surface area is 126 Å². The van der Waals surface area contributed by atoms with E-state index in [1.165, 1.54) is 11.8 Å². The molecule has 114 valence electrons. The van der Waals surface area contributed by atoms with Crippen LogP contribution in [0.4, 0.5) is 0 Å². The fourth-order valence-corrected chi connectivity index (χ4v) is 5.63. The maximum atomic E-state index is 12.7. The van der Waals surface area contributed by atoms with Crippen LogP contribution >= 0.6 is 11.8 Å². The SMILES string of the molecule is CC1(C)S[C@@H]2C3C(=O)CCCCC(=O)[C@@]1(C(=O)O)N2C3=O. The van der Waals surface area contributed by atoms with Gasteiger partial charge in [0, 0.05) is 12.8 Å². The standard InChI is InChI=1S/C14H17NO5S/c1-13(2)14(12(19)20)8(17)6-4-3-5-7(16)9-10(18)15(14)11(9)21-13/h9,11H,3-6H2,1-2H3,(H,19,20)/t9?,11-,14+/m1/s1. The van der Waals surface area contributed by atoms with Crippen molar-refractivity contribution in [2.24, 2.45) is 5.92 Å². The summed E-state index contributed by atoms with van der Waals surface area (Å²) in [7, 11) is 0. The fraction of sp³-hybridized carbons (Fsp3) is 0.714. The molecule has 1 N–H and O–H groups in total. The first kappa shape index (κ1) is 14.6. The Bertz CT molecular complexity index is 572. The van der Waals surface area contributed by atoms with Gasteiger partial charge in [-0.05, 0) is 26.7 Å². The molecule has 3 heterocycles. The molecule has 4 bridgehead atoms. The van der Waals surface area contributed by atoms with Crippen LogP contribution in [0.1, 0.15) is 39.5 Å². The summed E-state index contributed by atoms with van der Waals surface area (Å²) in [6.07, 6.45) is 1.39. The third-order valence-electron chi connectivity index (χ3n) is 4.83. The smallest absolute Gasteiger partial charge is 0.339 e. The zero-order chi connectivity index (χ0) is 15.6. The molecule has 3 atom stereocenters. The van der Waals surface area contributed by atoms with Crippen LogP contribution in [0.2, 0.25) is 0 Å². The number of β-lactam (4-membered cyclic amide) rings is 1. The molecule has 3 aliphatic rings. The molecule has 3 aliphatic heterocycles. The highest BCUT2D eigenvalue weighted by molar-refractivity contribution is 8.01. The molecule has 3 rings (SSSR count). The lowest BCUT2D eigenvalue weighted by molar-refractivity contribution is -0.180. The second-order valence-corrected chi connectivity index (χ2v) is 8.06. The Balaban J connectivity index is 2.17. The van der Waals surface area contributed by atoms with Gasteiger partial charge in [0.1, 0.15) is 11.7 Å². The Kier molecular flexibility index (Phi) is 2.99. The number of ketones is 2. The highest BCUT2D eigenvalue weighted by Gasteiger charge is 2.76. The lowest BCUT2D eigenvalue weighted by atomic mass is 9.73. The monoisotopic (exact) mass is 311 g/mol. The summed E-state index contributed by atoms with van der Waals surface area (Å²) in [4.78, 5) is 50.3.